The molecule has 1 aromatic rings. The van der Waals surface area contributed by atoms with Gasteiger partial charge in [-0.3, -0.25) is 9.59 Å². The summed E-state index contributed by atoms with van der Waals surface area (Å²) in [7, 11) is 0. The third-order valence-corrected chi connectivity index (χ3v) is 2.14. The lowest BCUT2D eigenvalue weighted by molar-refractivity contribution is -0.158. The van der Waals surface area contributed by atoms with Crippen molar-refractivity contribution >= 4 is 11.9 Å². The highest BCUT2D eigenvalue weighted by Gasteiger charge is 2.18. The SMILES string of the molecule is CC(=O)OC(=O)C(C)c1cccc(C)c1. The molecule has 0 spiro atoms. The van der Waals surface area contributed by atoms with E-state index in [0.717, 1.165) is 11.1 Å². The van der Waals surface area contributed by atoms with Gasteiger partial charge >= 0.3 is 11.9 Å². The van der Waals surface area contributed by atoms with Crippen LogP contribution in [0.4, 0.5) is 0 Å². The zero-order chi connectivity index (χ0) is 11.4. The van der Waals surface area contributed by atoms with E-state index in [2.05, 4.69) is 4.74 Å². The molecule has 0 fully saturated rings. The van der Waals surface area contributed by atoms with E-state index in [1.165, 1.54) is 6.92 Å². The average molecular weight is 206 g/mol. The van der Waals surface area contributed by atoms with Crippen LogP contribution in [0.2, 0.25) is 0 Å². The maximum absolute atomic E-state index is 11.4. The van der Waals surface area contributed by atoms with Gasteiger partial charge in [-0.1, -0.05) is 29.8 Å². The lowest BCUT2D eigenvalue weighted by Crippen LogP contribution is -2.16. The fourth-order valence-corrected chi connectivity index (χ4v) is 1.31. The molecule has 15 heavy (non-hydrogen) atoms. The quantitative estimate of drug-likeness (QED) is 0.550. The van der Waals surface area contributed by atoms with Crippen molar-refractivity contribution in [2.24, 2.45) is 0 Å². The first-order valence-electron chi connectivity index (χ1n) is 4.79. The maximum atomic E-state index is 11.4. The Morgan fingerprint density at radius 1 is 1.33 bits per heavy atom. The van der Waals surface area contributed by atoms with Crippen molar-refractivity contribution < 1.29 is 14.3 Å². The third kappa shape index (κ3) is 3.20. The van der Waals surface area contributed by atoms with Crippen LogP contribution in [0.15, 0.2) is 24.3 Å². The van der Waals surface area contributed by atoms with Crippen LogP contribution in [0.5, 0.6) is 0 Å². The molecule has 0 heterocycles. The highest BCUT2D eigenvalue weighted by molar-refractivity contribution is 5.88. The van der Waals surface area contributed by atoms with E-state index in [-0.39, 0.29) is 0 Å². The molecular formula is C12H14O3. The molecule has 0 aliphatic carbocycles. The molecule has 0 amide bonds. The minimum atomic E-state index is -0.570. The number of esters is 2. The van der Waals surface area contributed by atoms with Crippen LogP contribution < -0.4 is 0 Å². The molecule has 1 unspecified atom stereocenters. The van der Waals surface area contributed by atoms with Crippen LogP contribution in [0.1, 0.15) is 30.9 Å². The van der Waals surface area contributed by atoms with Gasteiger partial charge in [-0.2, -0.15) is 0 Å². The van der Waals surface area contributed by atoms with Gasteiger partial charge in [0.2, 0.25) is 0 Å². The highest BCUT2D eigenvalue weighted by Crippen LogP contribution is 2.17. The molecule has 3 nitrogen and oxygen atoms in total. The average Bonchev–Trinajstić information content (AvgIpc) is 2.15. The van der Waals surface area contributed by atoms with Crippen LogP contribution in [0.3, 0.4) is 0 Å². The summed E-state index contributed by atoms with van der Waals surface area (Å²) < 4.78 is 4.53. The second-order valence-electron chi connectivity index (χ2n) is 3.55. The van der Waals surface area contributed by atoms with Gasteiger partial charge in [-0.15, -0.1) is 0 Å². The summed E-state index contributed by atoms with van der Waals surface area (Å²) in [5.74, 6) is -1.48. The molecule has 0 aliphatic rings. The van der Waals surface area contributed by atoms with E-state index < -0.39 is 17.9 Å². The van der Waals surface area contributed by atoms with Crippen molar-refractivity contribution in [2.45, 2.75) is 26.7 Å². The molecule has 0 radical (unpaired) electrons. The first-order valence-corrected chi connectivity index (χ1v) is 4.79. The number of benzene rings is 1. The molecule has 0 aliphatic heterocycles. The number of aryl methyl sites for hydroxylation is 1. The molecule has 0 bridgehead atoms. The molecule has 0 saturated carbocycles. The Morgan fingerprint density at radius 3 is 2.53 bits per heavy atom. The number of hydrogen-bond acceptors (Lipinski definition) is 3. The predicted octanol–water partition coefficient (Wildman–Crippen LogP) is 2.19. The van der Waals surface area contributed by atoms with Crippen LogP contribution in [-0.2, 0) is 14.3 Å². The lowest BCUT2D eigenvalue weighted by Gasteiger charge is -2.10. The first kappa shape index (κ1) is 11.4. The largest absolute Gasteiger partial charge is 0.393 e. The first-order chi connectivity index (χ1) is 7.00. The molecule has 3 heteroatoms. The Kier molecular flexibility index (Phi) is 3.61. The van der Waals surface area contributed by atoms with E-state index in [4.69, 9.17) is 0 Å². The smallest absolute Gasteiger partial charge is 0.320 e. The number of rotatable bonds is 2. The molecule has 1 rings (SSSR count). The standard InChI is InChI=1S/C12H14O3/c1-8-5-4-6-11(7-8)9(2)12(14)15-10(3)13/h4-7,9H,1-3H3. The van der Waals surface area contributed by atoms with E-state index in [1.807, 2.05) is 31.2 Å². The number of hydrogen-bond donors (Lipinski definition) is 0. The van der Waals surface area contributed by atoms with Crippen molar-refractivity contribution in [3.05, 3.63) is 35.4 Å². The van der Waals surface area contributed by atoms with Gasteiger partial charge in [0, 0.05) is 6.92 Å². The van der Waals surface area contributed by atoms with Crippen molar-refractivity contribution in [1.82, 2.24) is 0 Å². The lowest BCUT2D eigenvalue weighted by atomic mass is 10.00. The molecule has 0 aromatic heterocycles. The van der Waals surface area contributed by atoms with Crippen LogP contribution in [0.25, 0.3) is 0 Å². The second kappa shape index (κ2) is 4.73. The summed E-state index contributed by atoms with van der Waals surface area (Å²) in [6.45, 7) is 4.90. The van der Waals surface area contributed by atoms with Crippen molar-refractivity contribution in [2.75, 3.05) is 0 Å². The van der Waals surface area contributed by atoms with Gasteiger partial charge in [0.15, 0.2) is 0 Å². The molecule has 0 saturated heterocycles. The summed E-state index contributed by atoms with van der Waals surface area (Å²) in [6, 6.07) is 7.58. The second-order valence-corrected chi connectivity index (χ2v) is 3.55. The van der Waals surface area contributed by atoms with E-state index >= 15 is 0 Å². The molecular weight excluding hydrogens is 192 g/mol. The van der Waals surface area contributed by atoms with Gasteiger partial charge in [-0.05, 0) is 19.4 Å². The monoisotopic (exact) mass is 206 g/mol. The summed E-state index contributed by atoms with van der Waals surface area (Å²) in [5.41, 5.74) is 1.94. The summed E-state index contributed by atoms with van der Waals surface area (Å²) in [4.78, 5) is 22.0. The molecule has 1 atom stereocenters. The summed E-state index contributed by atoms with van der Waals surface area (Å²) >= 11 is 0. The number of ether oxygens (including phenoxy) is 1. The zero-order valence-corrected chi connectivity index (χ0v) is 9.11. The van der Waals surface area contributed by atoms with Gasteiger partial charge in [0.1, 0.15) is 0 Å². The molecule has 0 N–H and O–H groups in total. The van der Waals surface area contributed by atoms with Gasteiger partial charge in [0.05, 0.1) is 5.92 Å². The third-order valence-electron chi connectivity index (χ3n) is 2.14. The van der Waals surface area contributed by atoms with Crippen molar-refractivity contribution in [3.8, 4) is 0 Å². The van der Waals surface area contributed by atoms with Crippen LogP contribution in [0, 0.1) is 6.92 Å². The minimum Gasteiger partial charge on any atom is -0.393 e. The Bertz CT molecular complexity index is 382. The van der Waals surface area contributed by atoms with Gasteiger partial charge < -0.3 is 4.74 Å². The fourth-order valence-electron chi connectivity index (χ4n) is 1.31. The van der Waals surface area contributed by atoms with Crippen molar-refractivity contribution in [3.63, 3.8) is 0 Å². The van der Waals surface area contributed by atoms with E-state index in [0.29, 0.717) is 0 Å². The number of carbonyl (C=O) groups excluding carboxylic acids is 2. The Labute approximate surface area is 89.1 Å². The maximum Gasteiger partial charge on any atom is 0.320 e. The van der Waals surface area contributed by atoms with E-state index in [1.54, 1.807) is 6.92 Å². The molecule has 80 valence electrons. The van der Waals surface area contributed by atoms with Crippen LogP contribution in [-0.4, -0.2) is 11.9 Å². The van der Waals surface area contributed by atoms with Crippen molar-refractivity contribution in [1.29, 1.82) is 0 Å². The fraction of sp³-hybridized carbons (Fsp3) is 0.333. The zero-order valence-electron chi connectivity index (χ0n) is 9.11. The minimum absolute atomic E-state index is 0.409. The summed E-state index contributed by atoms with van der Waals surface area (Å²) in [5, 5.41) is 0. The Balaban J connectivity index is 2.80. The van der Waals surface area contributed by atoms with Gasteiger partial charge in [-0.25, -0.2) is 0 Å². The van der Waals surface area contributed by atoms with Gasteiger partial charge in [0.25, 0.3) is 0 Å². The van der Waals surface area contributed by atoms with E-state index in [9.17, 15) is 9.59 Å². The summed E-state index contributed by atoms with van der Waals surface area (Å²) in [6.07, 6.45) is 0. The highest BCUT2D eigenvalue weighted by atomic mass is 16.6. The normalized spacial score (nSPS) is 11.9. The Hall–Kier alpha value is -1.64. The van der Waals surface area contributed by atoms with Crippen LogP contribution >= 0.6 is 0 Å². The Morgan fingerprint density at radius 2 is 2.00 bits per heavy atom. The topological polar surface area (TPSA) is 43.4 Å². The number of carbonyl (C=O) groups is 2. The predicted molar refractivity (Wildman–Crippen MR) is 56.4 cm³/mol. The molecule has 1 aromatic carbocycles.